The quantitative estimate of drug-likeness (QED) is 0.855. The number of nitrogens with zero attached hydrogens (tertiary/aromatic N) is 1. The van der Waals surface area contributed by atoms with Crippen molar-refractivity contribution in [2.24, 2.45) is 5.73 Å². The molecule has 78 valence electrons. The minimum absolute atomic E-state index is 0.0546. The molecule has 0 spiro atoms. The Morgan fingerprint density at radius 3 is 2.93 bits per heavy atom. The summed E-state index contributed by atoms with van der Waals surface area (Å²) in [7, 11) is 1.57. The summed E-state index contributed by atoms with van der Waals surface area (Å²) in [5, 5.41) is 8.80. The maximum absolute atomic E-state index is 8.80. The molecule has 0 radical (unpaired) electrons. The van der Waals surface area contributed by atoms with Gasteiger partial charge < -0.3 is 15.6 Å². The molecular weight excluding hydrogens is 248 g/mol. The number of nitrogens with two attached hydrogens (primary N) is 1. The summed E-state index contributed by atoms with van der Waals surface area (Å²) in [6.45, 7) is 0.0546. The van der Waals surface area contributed by atoms with Gasteiger partial charge in [-0.1, -0.05) is 0 Å². The van der Waals surface area contributed by atoms with Crippen LogP contribution in [0.15, 0.2) is 16.9 Å². The van der Waals surface area contributed by atoms with E-state index in [9.17, 15) is 0 Å². The van der Waals surface area contributed by atoms with E-state index in [1.807, 2.05) is 0 Å². The highest BCUT2D eigenvalue weighted by Gasteiger charge is 2.15. The van der Waals surface area contributed by atoms with Crippen LogP contribution in [0.4, 0.5) is 0 Å². The van der Waals surface area contributed by atoms with Crippen LogP contribution in [0.1, 0.15) is 18.0 Å². The zero-order valence-corrected chi connectivity index (χ0v) is 9.49. The summed E-state index contributed by atoms with van der Waals surface area (Å²) in [5.74, 6) is 0.639. The molecule has 0 fully saturated rings. The highest BCUT2D eigenvalue weighted by molar-refractivity contribution is 9.10. The van der Waals surface area contributed by atoms with E-state index >= 15 is 0 Å². The third kappa shape index (κ3) is 2.43. The highest BCUT2D eigenvalue weighted by atomic mass is 79.9. The van der Waals surface area contributed by atoms with E-state index < -0.39 is 0 Å². The average molecular weight is 261 g/mol. The SMILES string of the molecule is COc1cncc(Br)c1C(N)CCO. The largest absolute Gasteiger partial charge is 0.495 e. The normalized spacial score (nSPS) is 12.6. The van der Waals surface area contributed by atoms with Crippen molar-refractivity contribution >= 4 is 15.9 Å². The second-order valence-corrected chi connectivity index (χ2v) is 3.71. The van der Waals surface area contributed by atoms with Gasteiger partial charge in [0.05, 0.1) is 13.3 Å². The first-order valence-electron chi connectivity index (χ1n) is 4.24. The minimum Gasteiger partial charge on any atom is -0.495 e. The average Bonchev–Trinajstić information content (AvgIpc) is 2.17. The van der Waals surface area contributed by atoms with Crippen LogP contribution in [-0.2, 0) is 0 Å². The maximum atomic E-state index is 8.80. The van der Waals surface area contributed by atoms with Crippen LogP contribution in [0.3, 0.4) is 0 Å². The lowest BCUT2D eigenvalue weighted by Gasteiger charge is -2.15. The van der Waals surface area contributed by atoms with Gasteiger partial charge in [-0.25, -0.2) is 0 Å². The Balaban J connectivity index is 3.03. The predicted octanol–water partition coefficient (Wildman–Crippen LogP) is 1.23. The molecule has 1 atom stereocenters. The summed E-state index contributed by atoms with van der Waals surface area (Å²) in [4.78, 5) is 3.97. The lowest BCUT2D eigenvalue weighted by molar-refractivity contribution is 0.275. The van der Waals surface area contributed by atoms with Gasteiger partial charge in [0, 0.05) is 28.9 Å². The number of hydrogen-bond donors (Lipinski definition) is 2. The molecule has 0 aliphatic carbocycles. The van der Waals surface area contributed by atoms with E-state index in [0.29, 0.717) is 12.2 Å². The van der Waals surface area contributed by atoms with Gasteiger partial charge in [-0.3, -0.25) is 4.98 Å². The fraction of sp³-hybridized carbons (Fsp3) is 0.444. The second kappa shape index (κ2) is 5.29. The molecule has 1 heterocycles. The summed E-state index contributed by atoms with van der Waals surface area (Å²) in [6.07, 6.45) is 3.77. The lowest BCUT2D eigenvalue weighted by atomic mass is 10.1. The van der Waals surface area contributed by atoms with Gasteiger partial charge in [-0.05, 0) is 22.4 Å². The molecule has 0 saturated carbocycles. The molecule has 0 saturated heterocycles. The molecule has 1 unspecified atom stereocenters. The Morgan fingerprint density at radius 2 is 2.36 bits per heavy atom. The van der Waals surface area contributed by atoms with Crippen molar-refractivity contribution in [1.82, 2.24) is 4.98 Å². The second-order valence-electron chi connectivity index (χ2n) is 2.86. The van der Waals surface area contributed by atoms with Crippen LogP contribution < -0.4 is 10.5 Å². The van der Waals surface area contributed by atoms with Gasteiger partial charge in [-0.2, -0.15) is 0 Å². The number of rotatable bonds is 4. The van der Waals surface area contributed by atoms with E-state index in [-0.39, 0.29) is 12.6 Å². The summed E-state index contributed by atoms with van der Waals surface area (Å²) in [5.41, 5.74) is 6.73. The molecule has 3 N–H and O–H groups in total. The van der Waals surface area contributed by atoms with E-state index in [1.54, 1.807) is 19.5 Å². The molecule has 0 bridgehead atoms. The van der Waals surface area contributed by atoms with Crippen molar-refractivity contribution in [3.05, 3.63) is 22.4 Å². The molecule has 5 heteroatoms. The Hall–Kier alpha value is -0.650. The summed E-state index contributed by atoms with van der Waals surface area (Å²) >= 11 is 3.35. The van der Waals surface area contributed by atoms with Crippen LogP contribution in [0.2, 0.25) is 0 Å². The number of aliphatic hydroxyl groups excluding tert-OH is 1. The molecule has 0 aliphatic rings. The number of pyridine rings is 1. The van der Waals surface area contributed by atoms with Crippen LogP contribution in [-0.4, -0.2) is 23.8 Å². The third-order valence-corrected chi connectivity index (χ3v) is 2.57. The number of hydrogen-bond acceptors (Lipinski definition) is 4. The van der Waals surface area contributed by atoms with Crippen molar-refractivity contribution in [2.75, 3.05) is 13.7 Å². The molecule has 0 amide bonds. The number of halogens is 1. The fourth-order valence-corrected chi connectivity index (χ4v) is 1.84. The number of methoxy groups -OCH3 is 1. The van der Waals surface area contributed by atoms with Gasteiger partial charge in [0.25, 0.3) is 0 Å². The predicted molar refractivity (Wildman–Crippen MR) is 57.1 cm³/mol. The fourth-order valence-electron chi connectivity index (χ4n) is 1.23. The molecule has 1 aromatic rings. The Kier molecular flexibility index (Phi) is 4.31. The van der Waals surface area contributed by atoms with Crippen molar-refractivity contribution < 1.29 is 9.84 Å². The first-order chi connectivity index (χ1) is 6.70. The number of aliphatic hydroxyl groups is 1. The van der Waals surface area contributed by atoms with E-state index in [1.165, 1.54) is 0 Å². The van der Waals surface area contributed by atoms with E-state index in [4.69, 9.17) is 15.6 Å². The monoisotopic (exact) mass is 260 g/mol. The van der Waals surface area contributed by atoms with Crippen LogP contribution in [0.25, 0.3) is 0 Å². The Bertz CT molecular complexity index is 307. The molecular formula is C9H13BrN2O2. The molecule has 0 aliphatic heterocycles. The first-order valence-corrected chi connectivity index (χ1v) is 5.03. The number of aromatic nitrogens is 1. The van der Waals surface area contributed by atoms with Crippen molar-refractivity contribution in [3.63, 3.8) is 0 Å². The summed E-state index contributed by atoms with van der Waals surface area (Å²) in [6, 6.07) is -0.243. The molecule has 4 nitrogen and oxygen atoms in total. The van der Waals surface area contributed by atoms with Crippen LogP contribution in [0.5, 0.6) is 5.75 Å². The Labute approximate surface area is 91.2 Å². The van der Waals surface area contributed by atoms with Crippen LogP contribution in [0, 0.1) is 0 Å². The standard InChI is InChI=1S/C9H13BrN2O2/c1-14-8-5-12-4-6(10)9(8)7(11)2-3-13/h4-5,7,13H,2-3,11H2,1H3. The van der Waals surface area contributed by atoms with Gasteiger partial charge in [0.1, 0.15) is 5.75 Å². The molecule has 1 rings (SSSR count). The van der Waals surface area contributed by atoms with Gasteiger partial charge in [0.2, 0.25) is 0 Å². The van der Waals surface area contributed by atoms with E-state index in [0.717, 1.165) is 10.0 Å². The lowest BCUT2D eigenvalue weighted by Crippen LogP contribution is -2.14. The van der Waals surface area contributed by atoms with Crippen molar-refractivity contribution in [1.29, 1.82) is 0 Å². The van der Waals surface area contributed by atoms with Gasteiger partial charge >= 0.3 is 0 Å². The van der Waals surface area contributed by atoms with Crippen molar-refractivity contribution in [2.45, 2.75) is 12.5 Å². The zero-order valence-electron chi connectivity index (χ0n) is 7.90. The van der Waals surface area contributed by atoms with Crippen molar-refractivity contribution in [3.8, 4) is 5.75 Å². The highest BCUT2D eigenvalue weighted by Crippen LogP contribution is 2.31. The third-order valence-electron chi connectivity index (χ3n) is 1.93. The molecule has 0 aromatic carbocycles. The topological polar surface area (TPSA) is 68.4 Å². The maximum Gasteiger partial charge on any atom is 0.143 e. The number of ether oxygens (including phenoxy) is 1. The Morgan fingerprint density at radius 1 is 1.64 bits per heavy atom. The van der Waals surface area contributed by atoms with Gasteiger partial charge in [0.15, 0.2) is 0 Å². The van der Waals surface area contributed by atoms with Gasteiger partial charge in [-0.15, -0.1) is 0 Å². The first kappa shape index (κ1) is 11.4. The molecule has 14 heavy (non-hydrogen) atoms. The minimum atomic E-state index is -0.243. The zero-order chi connectivity index (χ0) is 10.6. The molecule has 1 aromatic heterocycles. The summed E-state index contributed by atoms with van der Waals surface area (Å²) < 4.78 is 5.94. The van der Waals surface area contributed by atoms with Crippen LogP contribution >= 0.6 is 15.9 Å². The van der Waals surface area contributed by atoms with E-state index in [2.05, 4.69) is 20.9 Å². The smallest absolute Gasteiger partial charge is 0.143 e.